The van der Waals surface area contributed by atoms with E-state index in [-0.39, 0.29) is 11.6 Å². The molecule has 1 aliphatic rings. The Morgan fingerprint density at radius 2 is 2.10 bits per heavy atom. The third-order valence-electron chi connectivity index (χ3n) is 3.49. The molecule has 1 aromatic carbocycles. The first-order chi connectivity index (χ1) is 9.87. The average Bonchev–Trinajstić information content (AvgIpc) is 3.20. The molecule has 0 spiro atoms. The van der Waals surface area contributed by atoms with Crippen LogP contribution in [0.2, 0.25) is 0 Å². The maximum Gasteiger partial charge on any atom is 0.341 e. The fourth-order valence-electron chi connectivity index (χ4n) is 2.17. The third-order valence-corrected chi connectivity index (χ3v) is 3.49. The van der Waals surface area contributed by atoms with Crippen LogP contribution in [0.3, 0.4) is 0 Å². The number of anilines is 1. The molecule has 0 saturated heterocycles. The smallest absolute Gasteiger partial charge is 0.341 e. The van der Waals surface area contributed by atoms with E-state index in [4.69, 9.17) is 9.84 Å². The Morgan fingerprint density at radius 3 is 2.71 bits per heavy atom. The number of carbonyl (C=O) groups is 2. The first kappa shape index (κ1) is 15.2. The lowest BCUT2D eigenvalue weighted by Crippen LogP contribution is -2.47. The summed E-state index contributed by atoms with van der Waals surface area (Å²) in [6, 6.07) is 6.37. The predicted octanol–water partition coefficient (Wildman–Crippen LogP) is 2.46. The van der Waals surface area contributed by atoms with Crippen LogP contribution in [0.1, 0.15) is 26.7 Å². The minimum absolute atomic E-state index is 0.221. The van der Waals surface area contributed by atoms with Crippen molar-refractivity contribution >= 4 is 17.7 Å². The van der Waals surface area contributed by atoms with E-state index >= 15 is 0 Å². The summed E-state index contributed by atoms with van der Waals surface area (Å²) >= 11 is 0. The van der Waals surface area contributed by atoms with E-state index in [0.717, 1.165) is 12.8 Å². The number of carbonyl (C=O) groups excluding carboxylic acids is 1. The molecule has 6 nitrogen and oxygen atoms in total. The van der Waals surface area contributed by atoms with E-state index in [0.29, 0.717) is 17.4 Å². The van der Waals surface area contributed by atoms with Crippen LogP contribution in [-0.4, -0.2) is 29.3 Å². The molecule has 1 fully saturated rings. The molecule has 6 heteroatoms. The molecule has 0 bridgehead atoms. The number of rotatable bonds is 6. The molecule has 3 N–H and O–H groups in total. The average molecular weight is 292 g/mol. The summed E-state index contributed by atoms with van der Waals surface area (Å²) in [5, 5.41) is 14.3. The fourth-order valence-corrected chi connectivity index (χ4v) is 2.17. The summed E-state index contributed by atoms with van der Waals surface area (Å²) in [5.41, 5.74) is 0.337. The highest BCUT2D eigenvalue weighted by Crippen LogP contribution is 2.39. The molecule has 0 aromatic heterocycles. The Hall–Kier alpha value is -2.24. The van der Waals surface area contributed by atoms with Gasteiger partial charge in [0.25, 0.3) is 0 Å². The molecule has 1 aromatic rings. The minimum atomic E-state index is -1.04. The van der Waals surface area contributed by atoms with Crippen molar-refractivity contribution in [2.45, 2.75) is 32.2 Å². The molecule has 0 heterocycles. The number of urea groups is 1. The number of ether oxygens (including phenoxy) is 1. The van der Waals surface area contributed by atoms with Crippen LogP contribution in [0.15, 0.2) is 24.3 Å². The zero-order valence-corrected chi connectivity index (χ0v) is 12.2. The van der Waals surface area contributed by atoms with Crippen LogP contribution < -0.4 is 15.4 Å². The van der Waals surface area contributed by atoms with E-state index in [9.17, 15) is 9.59 Å². The summed E-state index contributed by atoms with van der Waals surface area (Å²) < 4.78 is 5.07. The van der Waals surface area contributed by atoms with Crippen molar-refractivity contribution in [3.63, 3.8) is 0 Å². The van der Waals surface area contributed by atoms with Crippen LogP contribution in [0.5, 0.6) is 5.75 Å². The molecule has 1 aliphatic carbocycles. The number of aliphatic carboxylic acids is 1. The summed E-state index contributed by atoms with van der Waals surface area (Å²) in [6.07, 6.45) is 2.29. The molecular weight excluding hydrogens is 272 g/mol. The quantitative estimate of drug-likeness (QED) is 0.751. The highest BCUT2D eigenvalue weighted by molar-refractivity contribution is 5.90. The Morgan fingerprint density at radius 1 is 1.38 bits per heavy atom. The summed E-state index contributed by atoms with van der Waals surface area (Å²) in [6.45, 7) is 3.61. The molecule has 2 amide bonds. The van der Waals surface area contributed by atoms with Crippen molar-refractivity contribution in [1.29, 1.82) is 0 Å². The predicted molar refractivity (Wildman–Crippen MR) is 78.5 cm³/mol. The zero-order chi connectivity index (χ0) is 15.5. The normalized spacial score (nSPS) is 14.4. The van der Waals surface area contributed by atoms with Gasteiger partial charge in [0, 0.05) is 17.3 Å². The minimum Gasteiger partial charge on any atom is -0.482 e. The van der Waals surface area contributed by atoms with Gasteiger partial charge in [-0.15, -0.1) is 0 Å². The maximum absolute atomic E-state index is 12.0. The van der Waals surface area contributed by atoms with Crippen molar-refractivity contribution in [3.05, 3.63) is 24.3 Å². The number of hydrogen-bond acceptors (Lipinski definition) is 3. The van der Waals surface area contributed by atoms with Crippen LogP contribution in [0.4, 0.5) is 10.5 Å². The molecular formula is C15H20N2O4. The van der Waals surface area contributed by atoms with Gasteiger partial charge in [0.15, 0.2) is 6.61 Å². The summed E-state index contributed by atoms with van der Waals surface area (Å²) in [5.74, 6) is -0.109. The number of nitrogens with one attached hydrogen (secondary N) is 2. The lowest BCUT2D eigenvalue weighted by molar-refractivity contribution is -0.139. The van der Waals surface area contributed by atoms with Gasteiger partial charge in [0.1, 0.15) is 5.75 Å². The van der Waals surface area contributed by atoms with E-state index < -0.39 is 12.6 Å². The van der Waals surface area contributed by atoms with Gasteiger partial charge in [0.05, 0.1) is 0 Å². The van der Waals surface area contributed by atoms with E-state index in [2.05, 4.69) is 10.6 Å². The number of benzene rings is 1. The number of hydrogen-bond donors (Lipinski definition) is 3. The van der Waals surface area contributed by atoms with Crippen LogP contribution in [-0.2, 0) is 4.79 Å². The van der Waals surface area contributed by atoms with Crippen molar-refractivity contribution < 1.29 is 19.4 Å². The van der Waals surface area contributed by atoms with Crippen LogP contribution in [0.25, 0.3) is 0 Å². The van der Waals surface area contributed by atoms with Gasteiger partial charge in [-0.2, -0.15) is 0 Å². The highest BCUT2D eigenvalue weighted by Gasteiger charge is 2.38. The summed E-state index contributed by atoms with van der Waals surface area (Å²) in [4.78, 5) is 22.4. The highest BCUT2D eigenvalue weighted by atomic mass is 16.5. The van der Waals surface area contributed by atoms with Gasteiger partial charge < -0.3 is 20.5 Å². The van der Waals surface area contributed by atoms with Crippen molar-refractivity contribution in [3.8, 4) is 5.75 Å². The molecule has 0 aliphatic heterocycles. The molecule has 1 saturated carbocycles. The molecule has 114 valence electrons. The number of carboxylic acid groups (broad SMARTS) is 1. The van der Waals surface area contributed by atoms with Gasteiger partial charge >= 0.3 is 12.0 Å². The summed E-state index contributed by atoms with van der Waals surface area (Å²) in [7, 11) is 0. The van der Waals surface area contributed by atoms with Crippen LogP contribution >= 0.6 is 0 Å². The maximum atomic E-state index is 12.0. The van der Waals surface area contributed by atoms with E-state index in [1.165, 1.54) is 0 Å². The fraction of sp³-hybridized carbons (Fsp3) is 0.467. The second-order valence-electron chi connectivity index (χ2n) is 5.79. The first-order valence-electron chi connectivity index (χ1n) is 6.90. The first-order valence-corrected chi connectivity index (χ1v) is 6.90. The van der Waals surface area contributed by atoms with Gasteiger partial charge in [0.2, 0.25) is 0 Å². The molecule has 2 rings (SSSR count). The van der Waals surface area contributed by atoms with Crippen molar-refractivity contribution in [1.82, 2.24) is 5.32 Å². The van der Waals surface area contributed by atoms with E-state index in [1.54, 1.807) is 24.3 Å². The monoisotopic (exact) mass is 292 g/mol. The Labute approximate surface area is 123 Å². The Balaban J connectivity index is 1.91. The van der Waals surface area contributed by atoms with E-state index in [1.807, 2.05) is 13.8 Å². The van der Waals surface area contributed by atoms with Crippen molar-refractivity contribution in [2.75, 3.05) is 11.9 Å². The largest absolute Gasteiger partial charge is 0.482 e. The number of amides is 2. The van der Waals surface area contributed by atoms with Gasteiger partial charge in [-0.25, -0.2) is 9.59 Å². The Bertz CT molecular complexity index is 538. The molecule has 0 radical (unpaired) electrons. The van der Waals surface area contributed by atoms with Crippen LogP contribution in [0, 0.1) is 5.92 Å². The van der Waals surface area contributed by atoms with Gasteiger partial charge in [-0.05, 0) is 44.7 Å². The lowest BCUT2D eigenvalue weighted by atomic mass is 9.99. The Kier molecular flexibility index (Phi) is 4.35. The molecule has 0 atom stereocenters. The molecule has 0 unspecified atom stereocenters. The standard InChI is InChI=1S/C15H20N2O4/c1-15(2,10-6-7-10)17-14(20)16-11-4-3-5-12(8-11)21-9-13(18)19/h3-5,8,10H,6-7,9H2,1-2H3,(H,18,19)(H2,16,17,20). The molecule has 21 heavy (non-hydrogen) atoms. The topological polar surface area (TPSA) is 87.7 Å². The SMILES string of the molecule is CC(C)(NC(=O)Nc1cccc(OCC(=O)O)c1)C1CC1. The van der Waals surface area contributed by atoms with Crippen molar-refractivity contribution in [2.24, 2.45) is 5.92 Å². The zero-order valence-electron chi connectivity index (χ0n) is 12.2. The second kappa shape index (κ2) is 6.03. The van der Waals surface area contributed by atoms with Gasteiger partial charge in [-0.1, -0.05) is 6.07 Å². The number of carboxylic acids is 1. The third kappa shape index (κ3) is 4.66. The lowest BCUT2D eigenvalue weighted by Gasteiger charge is -2.26. The van der Waals surface area contributed by atoms with Gasteiger partial charge in [-0.3, -0.25) is 0 Å². The second-order valence-corrected chi connectivity index (χ2v) is 5.79.